The summed E-state index contributed by atoms with van der Waals surface area (Å²) in [6, 6.07) is 7.27. The number of phenols is 1. The molecule has 1 aromatic rings. The topological polar surface area (TPSA) is 20.2 Å². The van der Waals surface area contributed by atoms with Crippen LogP contribution in [-0.4, -0.2) is 5.11 Å². The molecule has 0 amide bonds. The van der Waals surface area contributed by atoms with Gasteiger partial charge in [0, 0.05) is 0 Å². The first-order valence-corrected chi connectivity index (χ1v) is 16.3. The van der Waals surface area contributed by atoms with Crippen molar-refractivity contribution in [1.29, 1.82) is 0 Å². The summed E-state index contributed by atoms with van der Waals surface area (Å²) in [7, 11) is 0. The molecule has 0 aromatic heterocycles. The number of aromatic hydroxyl groups is 1. The summed E-state index contributed by atoms with van der Waals surface area (Å²) in [5, 5.41) is 21.6. The van der Waals surface area contributed by atoms with Gasteiger partial charge in [0.15, 0.2) is 0 Å². The fraction of sp³-hybridized carbons (Fsp3) is 0.368. The van der Waals surface area contributed by atoms with E-state index in [0.29, 0.717) is 5.75 Å². The molecular weight excluding hydrogens is 292 g/mol. The molecular formula is C19H30OTi. The van der Waals surface area contributed by atoms with Crippen LogP contribution in [0.15, 0.2) is 59.0 Å². The van der Waals surface area contributed by atoms with Crippen molar-refractivity contribution in [2.45, 2.75) is 39.0 Å². The number of hydrogen-bond acceptors (Lipinski definition) is 1. The molecule has 1 aromatic carbocycles. The van der Waals surface area contributed by atoms with Crippen molar-refractivity contribution in [2.75, 3.05) is 0 Å². The zero-order valence-corrected chi connectivity index (χ0v) is 15.7. The molecule has 0 atom stereocenters. The number of benzene rings is 1. The molecule has 0 saturated carbocycles. The van der Waals surface area contributed by atoms with E-state index in [1.165, 1.54) is 6.42 Å². The molecule has 0 saturated heterocycles. The van der Waals surface area contributed by atoms with Crippen molar-refractivity contribution in [3.63, 3.8) is 0 Å². The van der Waals surface area contributed by atoms with Gasteiger partial charge in [0.1, 0.15) is 5.75 Å². The van der Waals surface area contributed by atoms with Crippen molar-refractivity contribution >= 4 is 0 Å². The molecule has 0 radical (unpaired) electrons. The first-order valence-electron chi connectivity index (χ1n) is 7.69. The SMILES string of the molecule is C=CCc1ccccc1O.[CH3][Ti]([CH3])([CH3])([CH3])([CH3])[C]1=CC=CC1. The van der Waals surface area contributed by atoms with E-state index in [2.05, 4.69) is 50.9 Å². The quantitative estimate of drug-likeness (QED) is 0.503. The number of rotatable bonds is 3. The van der Waals surface area contributed by atoms with Crippen LogP contribution in [-0.2, 0) is 20.4 Å². The van der Waals surface area contributed by atoms with E-state index < -0.39 is 14.0 Å². The van der Waals surface area contributed by atoms with Gasteiger partial charge in [-0.15, -0.1) is 6.58 Å². The van der Waals surface area contributed by atoms with Gasteiger partial charge in [-0.1, -0.05) is 24.3 Å². The molecule has 21 heavy (non-hydrogen) atoms. The summed E-state index contributed by atoms with van der Waals surface area (Å²) in [6.07, 6.45) is 10.5. The summed E-state index contributed by atoms with van der Waals surface area (Å²) < 4.78 is 1.70. The van der Waals surface area contributed by atoms with Gasteiger partial charge >= 0.3 is 68.7 Å². The Balaban J connectivity index is 0.000000211. The van der Waals surface area contributed by atoms with Crippen molar-refractivity contribution < 1.29 is 19.1 Å². The predicted octanol–water partition coefficient (Wildman–Crippen LogP) is 6.42. The van der Waals surface area contributed by atoms with Crippen LogP contribution in [0.3, 0.4) is 0 Å². The van der Waals surface area contributed by atoms with Gasteiger partial charge in [-0.25, -0.2) is 0 Å². The van der Waals surface area contributed by atoms with E-state index in [4.69, 9.17) is 0 Å². The van der Waals surface area contributed by atoms with Gasteiger partial charge in [-0.2, -0.15) is 0 Å². The Morgan fingerprint density at radius 3 is 2.14 bits per heavy atom. The number of hydrogen-bond donors (Lipinski definition) is 1. The molecule has 1 N–H and O–H groups in total. The normalized spacial score (nSPS) is 17.1. The average Bonchev–Trinajstić information content (AvgIpc) is 2.85. The summed E-state index contributed by atoms with van der Waals surface area (Å²) in [5.41, 5.74) is 0.928. The van der Waals surface area contributed by atoms with Crippen LogP contribution in [0.5, 0.6) is 5.75 Å². The second-order valence-corrected chi connectivity index (χ2v) is 30.2. The zero-order valence-electron chi connectivity index (χ0n) is 14.2. The molecule has 2 heteroatoms. The van der Waals surface area contributed by atoms with E-state index in [1.54, 1.807) is 16.0 Å². The maximum atomic E-state index is 9.19. The van der Waals surface area contributed by atoms with Crippen LogP contribution in [0.25, 0.3) is 0 Å². The fourth-order valence-corrected chi connectivity index (χ4v) is 5.44. The summed E-state index contributed by atoms with van der Waals surface area (Å²) in [6.45, 7) is 3.59. The molecule has 0 spiro atoms. The molecule has 1 aliphatic carbocycles. The molecule has 0 aliphatic heterocycles. The third-order valence-electron chi connectivity index (χ3n) is 3.73. The Morgan fingerprint density at radius 2 is 1.76 bits per heavy atom. The van der Waals surface area contributed by atoms with Gasteiger partial charge < -0.3 is 5.11 Å². The van der Waals surface area contributed by atoms with Crippen LogP contribution >= 0.6 is 0 Å². The third kappa shape index (κ3) is 6.07. The van der Waals surface area contributed by atoms with E-state index >= 15 is 0 Å². The molecule has 1 nitrogen and oxygen atoms in total. The van der Waals surface area contributed by atoms with Crippen molar-refractivity contribution in [3.05, 3.63) is 64.6 Å². The monoisotopic (exact) mass is 322 g/mol. The number of allylic oxidation sites excluding steroid dienone is 5. The zero-order chi connectivity index (χ0) is 16.2. The molecule has 0 heterocycles. The Morgan fingerprint density at radius 1 is 1.14 bits per heavy atom. The Labute approximate surface area is 128 Å². The molecule has 0 bridgehead atoms. The fourth-order valence-electron chi connectivity index (χ4n) is 2.21. The number of para-hydroxylation sites is 1. The standard InChI is InChI=1S/C9H10O.C5H5.5CH3.Ti/c1-2-5-8-6-3-4-7-9(8)10;1-2-4-5-3-1;;;;;;/h2-4,6-7,10H,1,5H2;1-3H,4H2;5*1H3;. The molecule has 2 rings (SSSR count). The van der Waals surface area contributed by atoms with E-state index in [-0.39, 0.29) is 0 Å². The number of phenolic OH excluding ortho intramolecular Hbond substituents is 1. The second-order valence-electron chi connectivity index (χ2n) is 9.70. The van der Waals surface area contributed by atoms with Gasteiger partial charge in [0.25, 0.3) is 0 Å². The molecule has 0 unspecified atom stereocenters. The van der Waals surface area contributed by atoms with Gasteiger partial charge in [-0.3, -0.25) is 0 Å². The van der Waals surface area contributed by atoms with Crippen LogP contribution in [0.1, 0.15) is 12.0 Å². The molecule has 0 fully saturated rings. The van der Waals surface area contributed by atoms with E-state index in [1.807, 2.05) is 18.2 Å². The van der Waals surface area contributed by atoms with Gasteiger partial charge in [0.2, 0.25) is 0 Å². The Kier molecular flexibility index (Phi) is 4.82. The van der Waals surface area contributed by atoms with Crippen LogP contribution < -0.4 is 0 Å². The minimum absolute atomic E-state index is 0.349. The summed E-state index contributed by atoms with van der Waals surface area (Å²) in [5.74, 6) is 0.349. The minimum atomic E-state index is -2.61. The van der Waals surface area contributed by atoms with Crippen LogP contribution in [0.4, 0.5) is 0 Å². The van der Waals surface area contributed by atoms with Crippen LogP contribution in [0, 0.1) is 0 Å². The van der Waals surface area contributed by atoms with Crippen LogP contribution in [0.2, 0.25) is 26.1 Å². The molecule has 1 aliphatic rings. The maximum absolute atomic E-state index is 9.19. The summed E-state index contributed by atoms with van der Waals surface area (Å²) >= 11 is -2.61. The Hall–Kier alpha value is -1.05. The average molecular weight is 322 g/mol. The van der Waals surface area contributed by atoms with E-state index in [0.717, 1.165) is 12.0 Å². The second kappa shape index (κ2) is 5.63. The first kappa shape index (κ1) is 18.0. The predicted molar refractivity (Wildman–Crippen MR) is 93.2 cm³/mol. The summed E-state index contributed by atoms with van der Waals surface area (Å²) in [4.78, 5) is 0. The first-order chi connectivity index (χ1) is 9.44. The van der Waals surface area contributed by atoms with Crippen molar-refractivity contribution in [3.8, 4) is 5.75 Å². The van der Waals surface area contributed by atoms with Crippen molar-refractivity contribution in [2.24, 2.45) is 0 Å². The Bertz CT molecular complexity index is 571. The molecule has 116 valence electrons. The third-order valence-corrected chi connectivity index (χ3v) is 9.33. The van der Waals surface area contributed by atoms with Gasteiger partial charge in [-0.05, 0) is 18.1 Å². The van der Waals surface area contributed by atoms with Gasteiger partial charge in [0.05, 0.1) is 0 Å². The van der Waals surface area contributed by atoms with E-state index in [9.17, 15) is 5.11 Å². The van der Waals surface area contributed by atoms with Crippen molar-refractivity contribution in [1.82, 2.24) is 0 Å².